The average molecular weight is 438 g/mol. The molecule has 0 unspecified atom stereocenters. The Morgan fingerprint density at radius 1 is 0.952 bits per heavy atom. The molecule has 0 amide bonds. The third kappa shape index (κ3) is 3.42. The van der Waals surface area contributed by atoms with E-state index in [1.807, 2.05) is 4.98 Å². The van der Waals surface area contributed by atoms with Crippen molar-refractivity contribution in [1.29, 1.82) is 0 Å². The summed E-state index contributed by atoms with van der Waals surface area (Å²) < 4.78 is 76.4. The maximum atomic E-state index is 13.0. The van der Waals surface area contributed by atoms with E-state index >= 15 is 0 Å². The molecular weight excluding hydrogens is 434 g/mol. The van der Waals surface area contributed by atoms with Crippen LogP contribution in [0.2, 0.25) is 0 Å². The largest absolute Gasteiger partial charge is 0.433 e. The van der Waals surface area contributed by atoms with Crippen LogP contribution in [0.1, 0.15) is 11.3 Å². The summed E-state index contributed by atoms with van der Waals surface area (Å²) in [6.45, 7) is 0. The summed E-state index contributed by atoms with van der Waals surface area (Å²) in [6, 6.07) is 3.10. The molecule has 0 aliphatic rings. The fourth-order valence-corrected chi connectivity index (χ4v) is 2.49. The Morgan fingerprint density at radius 2 is 1.57 bits per heavy atom. The minimum absolute atomic E-state index is 0.153. The number of H-pyrrole nitrogens is 1. The highest BCUT2D eigenvalue weighted by atomic mass is 79.9. The minimum Gasteiger partial charge on any atom is -0.333 e. The highest BCUT2D eigenvalue weighted by Crippen LogP contribution is 2.40. The monoisotopic (exact) mass is 436 g/mol. The predicted octanol–water partition coefficient (Wildman–Crippen LogP) is 5.64. The van der Waals surface area contributed by atoms with E-state index < -0.39 is 39.6 Å². The molecule has 2 rings (SSSR count). The Labute approximate surface area is 130 Å². The van der Waals surface area contributed by atoms with Crippen LogP contribution in [-0.4, -0.2) is 9.97 Å². The number of halogens is 8. The Balaban J connectivity index is 2.63. The van der Waals surface area contributed by atoms with E-state index in [4.69, 9.17) is 0 Å². The van der Waals surface area contributed by atoms with Crippen LogP contribution in [0.5, 0.6) is 0 Å². The zero-order chi connectivity index (χ0) is 16.0. The number of benzene rings is 1. The first-order valence-corrected chi connectivity index (χ1v) is 6.78. The van der Waals surface area contributed by atoms with Crippen LogP contribution in [0.4, 0.5) is 26.3 Å². The minimum atomic E-state index is -4.75. The summed E-state index contributed by atoms with van der Waals surface area (Å²) in [4.78, 5) is 5.35. The highest BCUT2D eigenvalue weighted by molar-refractivity contribution is 9.10. The normalized spacial score (nSPS) is 12.8. The summed E-state index contributed by atoms with van der Waals surface area (Å²) in [7, 11) is 0. The van der Waals surface area contributed by atoms with E-state index in [0.717, 1.165) is 12.1 Å². The summed E-state index contributed by atoms with van der Waals surface area (Å²) in [6.07, 6.45) is -9.48. The molecule has 0 bridgehead atoms. The third-order valence-electron chi connectivity index (χ3n) is 2.49. The van der Waals surface area contributed by atoms with Gasteiger partial charge in [-0.1, -0.05) is 15.9 Å². The number of aromatic amines is 1. The first-order valence-electron chi connectivity index (χ1n) is 5.20. The van der Waals surface area contributed by atoms with Crippen LogP contribution in [0, 0.1) is 0 Å². The van der Waals surface area contributed by atoms with Gasteiger partial charge < -0.3 is 4.98 Å². The first kappa shape index (κ1) is 16.3. The topological polar surface area (TPSA) is 28.7 Å². The number of aromatic nitrogens is 2. The van der Waals surface area contributed by atoms with Crippen molar-refractivity contribution in [3.05, 3.63) is 38.5 Å². The molecule has 0 aliphatic heterocycles. The van der Waals surface area contributed by atoms with Crippen molar-refractivity contribution in [2.45, 2.75) is 12.4 Å². The number of alkyl halides is 6. The van der Waals surface area contributed by atoms with E-state index in [2.05, 4.69) is 36.8 Å². The lowest BCUT2D eigenvalue weighted by Gasteiger charge is -2.11. The van der Waals surface area contributed by atoms with Gasteiger partial charge >= 0.3 is 12.4 Å². The smallest absolute Gasteiger partial charge is 0.333 e. The SMILES string of the molecule is FC(F)(F)c1cc(Br)ccc1-c1nc(Br)c(C(F)(F)F)[nH]1. The van der Waals surface area contributed by atoms with Gasteiger partial charge in [0.1, 0.15) is 10.4 Å². The van der Waals surface area contributed by atoms with Crippen molar-refractivity contribution in [3.8, 4) is 11.4 Å². The molecule has 1 aromatic carbocycles. The highest BCUT2D eigenvalue weighted by Gasteiger charge is 2.38. The lowest BCUT2D eigenvalue weighted by atomic mass is 10.1. The first-order chi connectivity index (χ1) is 9.50. The van der Waals surface area contributed by atoms with Crippen LogP contribution in [-0.2, 0) is 12.4 Å². The Hall–Kier alpha value is -1.03. The van der Waals surface area contributed by atoms with Gasteiger partial charge in [-0.25, -0.2) is 4.98 Å². The number of hydrogen-bond donors (Lipinski definition) is 1. The molecule has 0 spiro atoms. The zero-order valence-electron chi connectivity index (χ0n) is 9.70. The van der Waals surface area contributed by atoms with Gasteiger partial charge in [0.15, 0.2) is 5.69 Å². The second-order valence-electron chi connectivity index (χ2n) is 3.94. The average Bonchev–Trinajstić information content (AvgIpc) is 2.69. The maximum Gasteiger partial charge on any atom is 0.433 e. The van der Waals surface area contributed by atoms with Crippen LogP contribution >= 0.6 is 31.9 Å². The van der Waals surface area contributed by atoms with Crippen molar-refractivity contribution < 1.29 is 26.3 Å². The fourth-order valence-electron chi connectivity index (χ4n) is 1.62. The summed E-state index contributed by atoms with van der Waals surface area (Å²) in [5.41, 5.74) is -2.80. The molecule has 0 radical (unpaired) electrons. The van der Waals surface area contributed by atoms with Crippen LogP contribution < -0.4 is 0 Å². The maximum absolute atomic E-state index is 13.0. The van der Waals surface area contributed by atoms with Crippen LogP contribution in [0.3, 0.4) is 0 Å². The Bertz CT molecular complexity index is 674. The van der Waals surface area contributed by atoms with Gasteiger partial charge in [-0.15, -0.1) is 0 Å². The van der Waals surface area contributed by atoms with E-state index in [1.54, 1.807) is 0 Å². The quantitative estimate of drug-likeness (QED) is 0.574. The molecule has 0 aliphatic carbocycles. The molecular formula is C11H4Br2F6N2. The molecule has 10 heteroatoms. The standard InChI is InChI=1S/C11H4Br2F6N2/c12-4-1-2-5(6(3-4)10(14,15)16)9-20-7(8(13)21-9)11(17,18)19/h1-3H,(H,20,21). The molecule has 1 N–H and O–H groups in total. The van der Waals surface area contributed by atoms with Crippen molar-refractivity contribution in [1.82, 2.24) is 9.97 Å². The fraction of sp³-hybridized carbons (Fsp3) is 0.182. The summed E-state index contributed by atoms with van der Waals surface area (Å²) in [5.74, 6) is -0.519. The third-order valence-corrected chi connectivity index (χ3v) is 3.55. The molecule has 2 nitrogen and oxygen atoms in total. The van der Waals surface area contributed by atoms with Crippen molar-refractivity contribution in [2.24, 2.45) is 0 Å². The van der Waals surface area contributed by atoms with Gasteiger partial charge in [-0.2, -0.15) is 26.3 Å². The van der Waals surface area contributed by atoms with Gasteiger partial charge in [0.2, 0.25) is 0 Å². The molecule has 1 heterocycles. The number of rotatable bonds is 1. The van der Waals surface area contributed by atoms with Crippen molar-refractivity contribution in [2.75, 3.05) is 0 Å². The second-order valence-corrected chi connectivity index (χ2v) is 5.60. The number of nitrogens with zero attached hydrogens (tertiary/aromatic N) is 1. The number of nitrogens with one attached hydrogen (secondary N) is 1. The van der Waals surface area contributed by atoms with E-state index in [-0.39, 0.29) is 4.47 Å². The molecule has 0 fully saturated rings. The Morgan fingerprint density at radius 3 is 2.05 bits per heavy atom. The molecule has 21 heavy (non-hydrogen) atoms. The zero-order valence-corrected chi connectivity index (χ0v) is 12.9. The van der Waals surface area contributed by atoms with E-state index in [0.29, 0.717) is 0 Å². The summed E-state index contributed by atoms with van der Waals surface area (Å²) >= 11 is 5.48. The second kappa shape index (κ2) is 5.31. The predicted molar refractivity (Wildman–Crippen MR) is 69.4 cm³/mol. The van der Waals surface area contributed by atoms with Gasteiger partial charge in [-0.05, 0) is 34.1 Å². The van der Waals surface area contributed by atoms with Gasteiger partial charge in [-0.3, -0.25) is 0 Å². The van der Waals surface area contributed by atoms with E-state index in [1.165, 1.54) is 6.07 Å². The van der Waals surface area contributed by atoms with Crippen LogP contribution in [0.15, 0.2) is 27.3 Å². The Kier molecular flexibility index (Phi) is 4.13. The van der Waals surface area contributed by atoms with E-state index in [9.17, 15) is 26.3 Å². The summed E-state index contributed by atoms with van der Waals surface area (Å²) in [5, 5.41) is 0. The molecule has 0 saturated heterocycles. The molecule has 1 aromatic heterocycles. The molecule has 0 atom stereocenters. The van der Waals surface area contributed by atoms with Gasteiger partial charge in [0.05, 0.1) is 5.56 Å². The number of imidazole rings is 1. The number of hydrogen-bond acceptors (Lipinski definition) is 1. The van der Waals surface area contributed by atoms with Crippen LogP contribution in [0.25, 0.3) is 11.4 Å². The molecule has 0 saturated carbocycles. The van der Waals surface area contributed by atoms with Crippen molar-refractivity contribution >= 4 is 31.9 Å². The van der Waals surface area contributed by atoms with Gasteiger partial charge in [0, 0.05) is 10.0 Å². The molecule has 2 aromatic rings. The molecule has 114 valence electrons. The van der Waals surface area contributed by atoms with Gasteiger partial charge in [0.25, 0.3) is 0 Å². The lowest BCUT2D eigenvalue weighted by Crippen LogP contribution is -2.08. The van der Waals surface area contributed by atoms with Crippen molar-refractivity contribution in [3.63, 3.8) is 0 Å². The lowest BCUT2D eigenvalue weighted by molar-refractivity contribution is -0.141.